The first-order valence-corrected chi connectivity index (χ1v) is 6.73. The van der Waals surface area contributed by atoms with Gasteiger partial charge in [-0.05, 0) is 29.8 Å². The second kappa shape index (κ2) is 4.93. The van der Waals surface area contributed by atoms with Gasteiger partial charge in [0.15, 0.2) is 0 Å². The standard InChI is InChI=1S/C15H10Cl2N2O/c1-19-13-7-14(17)18-8-10(13)6-12(15(19)20)9-2-4-11(16)5-3-9/h2-8H,1H3. The summed E-state index contributed by atoms with van der Waals surface area (Å²) < 4.78 is 1.58. The Kier molecular flexibility index (Phi) is 3.24. The van der Waals surface area contributed by atoms with Crippen molar-refractivity contribution in [2.45, 2.75) is 0 Å². The van der Waals surface area contributed by atoms with Gasteiger partial charge in [-0.3, -0.25) is 4.79 Å². The van der Waals surface area contributed by atoms with E-state index in [1.54, 1.807) is 36.0 Å². The normalized spacial score (nSPS) is 10.9. The summed E-state index contributed by atoms with van der Waals surface area (Å²) in [6.45, 7) is 0. The molecule has 100 valence electrons. The van der Waals surface area contributed by atoms with Gasteiger partial charge in [0.05, 0.1) is 5.52 Å². The summed E-state index contributed by atoms with van der Waals surface area (Å²) in [7, 11) is 1.72. The minimum Gasteiger partial charge on any atom is -0.311 e. The van der Waals surface area contributed by atoms with Crippen molar-refractivity contribution in [2.75, 3.05) is 0 Å². The molecular formula is C15H10Cl2N2O. The Morgan fingerprint density at radius 1 is 1.10 bits per heavy atom. The van der Waals surface area contributed by atoms with Gasteiger partial charge in [-0.2, -0.15) is 0 Å². The number of rotatable bonds is 1. The van der Waals surface area contributed by atoms with Crippen LogP contribution in [-0.2, 0) is 7.05 Å². The van der Waals surface area contributed by atoms with E-state index in [1.165, 1.54) is 0 Å². The number of aromatic nitrogens is 2. The zero-order valence-corrected chi connectivity index (χ0v) is 12.1. The van der Waals surface area contributed by atoms with Gasteiger partial charge < -0.3 is 4.57 Å². The van der Waals surface area contributed by atoms with Crippen LogP contribution in [0.1, 0.15) is 0 Å². The summed E-state index contributed by atoms with van der Waals surface area (Å²) in [6, 6.07) is 10.7. The number of hydrogen-bond donors (Lipinski definition) is 0. The highest BCUT2D eigenvalue weighted by molar-refractivity contribution is 6.30. The molecule has 0 unspecified atom stereocenters. The van der Waals surface area contributed by atoms with Crippen LogP contribution in [0.3, 0.4) is 0 Å². The van der Waals surface area contributed by atoms with E-state index in [4.69, 9.17) is 23.2 Å². The summed E-state index contributed by atoms with van der Waals surface area (Å²) in [5.41, 5.74) is 2.11. The van der Waals surface area contributed by atoms with Crippen LogP contribution < -0.4 is 5.56 Å². The Balaban J connectivity index is 2.32. The highest BCUT2D eigenvalue weighted by Crippen LogP contribution is 2.23. The average Bonchev–Trinajstić information content (AvgIpc) is 2.44. The van der Waals surface area contributed by atoms with E-state index < -0.39 is 0 Å². The molecule has 0 saturated heterocycles. The molecule has 0 bridgehead atoms. The minimum absolute atomic E-state index is 0.0814. The quantitative estimate of drug-likeness (QED) is 0.639. The topological polar surface area (TPSA) is 34.9 Å². The molecule has 20 heavy (non-hydrogen) atoms. The van der Waals surface area contributed by atoms with Gasteiger partial charge in [0, 0.05) is 29.2 Å². The van der Waals surface area contributed by atoms with Crippen molar-refractivity contribution in [2.24, 2.45) is 7.05 Å². The van der Waals surface area contributed by atoms with Crippen LogP contribution in [0.5, 0.6) is 0 Å². The summed E-state index contributed by atoms with van der Waals surface area (Å²) in [5, 5.41) is 1.87. The third-order valence-corrected chi connectivity index (χ3v) is 3.69. The maximum absolute atomic E-state index is 12.4. The van der Waals surface area contributed by atoms with Crippen LogP contribution in [-0.4, -0.2) is 9.55 Å². The fourth-order valence-electron chi connectivity index (χ4n) is 2.18. The molecule has 1 aromatic carbocycles. The number of halogens is 2. The zero-order valence-electron chi connectivity index (χ0n) is 10.6. The number of benzene rings is 1. The highest BCUT2D eigenvalue weighted by atomic mass is 35.5. The number of aryl methyl sites for hydroxylation is 1. The van der Waals surface area contributed by atoms with E-state index in [0.29, 0.717) is 15.7 Å². The van der Waals surface area contributed by atoms with Gasteiger partial charge in [-0.25, -0.2) is 4.98 Å². The lowest BCUT2D eigenvalue weighted by Gasteiger charge is -2.09. The molecule has 3 rings (SSSR count). The molecule has 5 heteroatoms. The number of fused-ring (bicyclic) bond motifs is 1. The van der Waals surface area contributed by atoms with E-state index in [-0.39, 0.29) is 5.56 Å². The molecule has 0 aliphatic carbocycles. The van der Waals surface area contributed by atoms with Crippen LogP contribution in [0, 0.1) is 0 Å². The second-order valence-electron chi connectivity index (χ2n) is 4.49. The molecule has 3 aromatic rings. The lowest BCUT2D eigenvalue weighted by Crippen LogP contribution is -2.18. The summed E-state index contributed by atoms with van der Waals surface area (Å²) >= 11 is 11.8. The van der Waals surface area contributed by atoms with E-state index >= 15 is 0 Å². The van der Waals surface area contributed by atoms with Crippen molar-refractivity contribution in [1.29, 1.82) is 0 Å². The van der Waals surface area contributed by atoms with Crippen LogP contribution in [0.2, 0.25) is 10.2 Å². The first kappa shape index (κ1) is 13.2. The summed E-state index contributed by atoms with van der Waals surface area (Å²) in [6.07, 6.45) is 1.66. The smallest absolute Gasteiger partial charge is 0.258 e. The second-order valence-corrected chi connectivity index (χ2v) is 5.32. The van der Waals surface area contributed by atoms with Crippen LogP contribution in [0.25, 0.3) is 22.0 Å². The lowest BCUT2D eigenvalue weighted by molar-refractivity contribution is 0.907. The van der Waals surface area contributed by atoms with Crippen molar-refractivity contribution >= 4 is 34.1 Å². The molecule has 0 N–H and O–H groups in total. The lowest BCUT2D eigenvalue weighted by atomic mass is 10.1. The Morgan fingerprint density at radius 2 is 1.80 bits per heavy atom. The SMILES string of the molecule is Cn1c(=O)c(-c2ccc(Cl)cc2)cc2cnc(Cl)cc21. The largest absolute Gasteiger partial charge is 0.311 e. The van der Waals surface area contributed by atoms with Crippen LogP contribution in [0.4, 0.5) is 0 Å². The number of hydrogen-bond acceptors (Lipinski definition) is 2. The van der Waals surface area contributed by atoms with E-state index in [0.717, 1.165) is 16.5 Å². The van der Waals surface area contributed by atoms with Gasteiger partial charge in [-0.15, -0.1) is 0 Å². The number of pyridine rings is 2. The molecule has 0 spiro atoms. The Morgan fingerprint density at radius 3 is 2.50 bits per heavy atom. The molecule has 0 amide bonds. The van der Waals surface area contributed by atoms with Gasteiger partial charge in [0.2, 0.25) is 0 Å². The maximum atomic E-state index is 12.4. The highest BCUT2D eigenvalue weighted by Gasteiger charge is 2.09. The predicted molar refractivity (Wildman–Crippen MR) is 82.4 cm³/mol. The van der Waals surface area contributed by atoms with Crippen molar-refractivity contribution < 1.29 is 0 Å². The first-order chi connectivity index (χ1) is 9.56. The Labute approximate surface area is 125 Å². The molecule has 0 aliphatic rings. The summed E-state index contributed by atoms with van der Waals surface area (Å²) in [5.74, 6) is 0. The third-order valence-electron chi connectivity index (χ3n) is 3.23. The van der Waals surface area contributed by atoms with E-state index in [2.05, 4.69) is 4.98 Å². The minimum atomic E-state index is -0.0814. The fourth-order valence-corrected chi connectivity index (χ4v) is 2.45. The third kappa shape index (κ3) is 2.19. The first-order valence-electron chi connectivity index (χ1n) is 5.97. The Hall–Kier alpha value is -1.84. The molecule has 2 heterocycles. The predicted octanol–water partition coefficient (Wildman–Crippen LogP) is 3.91. The zero-order chi connectivity index (χ0) is 14.3. The maximum Gasteiger partial charge on any atom is 0.258 e. The molecule has 0 aliphatic heterocycles. The molecule has 0 saturated carbocycles. The van der Waals surface area contributed by atoms with Crippen LogP contribution in [0.15, 0.2) is 47.4 Å². The van der Waals surface area contributed by atoms with Crippen molar-refractivity contribution in [3.63, 3.8) is 0 Å². The summed E-state index contributed by atoms with van der Waals surface area (Å²) in [4.78, 5) is 16.5. The molecule has 0 fully saturated rings. The van der Waals surface area contributed by atoms with Crippen molar-refractivity contribution in [1.82, 2.24) is 9.55 Å². The van der Waals surface area contributed by atoms with E-state index in [1.807, 2.05) is 18.2 Å². The molecule has 0 radical (unpaired) electrons. The molecule has 0 atom stereocenters. The Bertz CT molecular complexity index is 854. The van der Waals surface area contributed by atoms with Crippen molar-refractivity contribution in [3.05, 3.63) is 63.1 Å². The monoisotopic (exact) mass is 304 g/mol. The van der Waals surface area contributed by atoms with Crippen molar-refractivity contribution in [3.8, 4) is 11.1 Å². The average molecular weight is 305 g/mol. The molecule has 2 aromatic heterocycles. The van der Waals surface area contributed by atoms with Gasteiger partial charge >= 0.3 is 0 Å². The van der Waals surface area contributed by atoms with E-state index in [9.17, 15) is 4.79 Å². The van der Waals surface area contributed by atoms with Gasteiger partial charge in [0.1, 0.15) is 5.15 Å². The van der Waals surface area contributed by atoms with Crippen LogP contribution >= 0.6 is 23.2 Å². The number of nitrogens with zero attached hydrogens (tertiary/aromatic N) is 2. The molecule has 3 nitrogen and oxygen atoms in total. The van der Waals surface area contributed by atoms with Gasteiger partial charge in [0.25, 0.3) is 5.56 Å². The fraction of sp³-hybridized carbons (Fsp3) is 0.0667. The van der Waals surface area contributed by atoms with Gasteiger partial charge in [-0.1, -0.05) is 35.3 Å². The molecular weight excluding hydrogens is 295 g/mol.